The molecule has 1 radical (unpaired) electrons. The van der Waals surface area contributed by atoms with E-state index in [2.05, 4.69) is 22.1 Å². The first-order chi connectivity index (χ1) is 20.6. The maximum absolute atomic E-state index is 8.99. The first-order valence-electron chi connectivity index (χ1n) is 14.5. The topological polar surface area (TPSA) is 51.8 Å². The van der Waals surface area contributed by atoms with E-state index in [-0.39, 0.29) is 20.1 Å². The smallest absolute Gasteiger partial charge is 0.216 e. The molecule has 5 heterocycles. The molecule has 0 amide bonds. The van der Waals surface area contributed by atoms with Gasteiger partial charge in [-0.1, -0.05) is 43.9 Å². The minimum atomic E-state index is -1.53. The second-order valence-electron chi connectivity index (χ2n) is 10.9. The van der Waals surface area contributed by atoms with Crippen molar-refractivity contribution in [2.24, 2.45) is 5.41 Å². The van der Waals surface area contributed by atoms with Crippen molar-refractivity contribution < 1.29 is 27.3 Å². The summed E-state index contributed by atoms with van der Waals surface area (Å²) in [6.07, 6.45) is 2.03. The van der Waals surface area contributed by atoms with Crippen LogP contribution in [0.2, 0.25) is 0 Å². The maximum Gasteiger partial charge on any atom is 0.216 e. The van der Waals surface area contributed by atoms with Gasteiger partial charge in [0, 0.05) is 61.6 Å². The molecule has 7 rings (SSSR count). The van der Waals surface area contributed by atoms with E-state index in [0.717, 1.165) is 48.3 Å². The number of thiophene rings is 1. The monoisotopic (exact) mass is 748 g/mol. The second kappa shape index (κ2) is 12.3. The van der Waals surface area contributed by atoms with Gasteiger partial charge in [0.2, 0.25) is 5.71 Å². The van der Waals surface area contributed by atoms with Crippen molar-refractivity contribution in [3.8, 4) is 22.5 Å². The van der Waals surface area contributed by atoms with Gasteiger partial charge in [0.1, 0.15) is 0 Å². The molecule has 0 saturated carbocycles. The number of aryl methyl sites for hydroxylation is 2. The van der Waals surface area contributed by atoms with Crippen molar-refractivity contribution in [1.82, 2.24) is 15.0 Å². The van der Waals surface area contributed by atoms with Gasteiger partial charge in [0.05, 0.1) is 5.58 Å². The third kappa shape index (κ3) is 6.07. The van der Waals surface area contributed by atoms with Crippen molar-refractivity contribution in [2.75, 3.05) is 0 Å². The SMILES string of the molecule is [2H]C([2H])(c1c(C)sc2ccnc(-c3[c-]ccc4c3oc3nc(C)ccc34)c12)C(C)(C)C.[Ir].[c-]1ccccc1-c1ccccn1. The van der Waals surface area contributed by atoms with Crippen LogP contribution in [-0.4, -0.2) is 15.0 Å². The Hall–Kier alpha value is -3.70. The number of pyridine rings is 3. The molecule has 0 fully saturated rings. The van der Waals surface area contributed by atoms with E-state index < -0.39 is 11.8 Å². The van der Waals surface area contributed by atoms with Crippen LogP contribution in [0.3, 0.4) is 0 Å². The Labute approximate surface area is 267 Å². The Kier molecular flexibility index (Phi) is 7.93. The zero-order valence-corrected chi connectivity index (χ0v) is 27.3. The number of aromatic nitrogens is 3. The van der Waals surface area contributed by atoms with Gasteiger partial charge in [0.15, 0.2) is 0 Å². The summed E-state index contributed by atoms with van der Waals surface area (Å²) in [5, 5.41) is 2.76. The second-order valence-corrected chi connectivity index (χ2v) is 12.2. The molecule has 0 bridgehead atoms. The summed E-state index contributed by atoms with van der Waals surface area (Å²) in [5.74, 6) is 0. The number of hydrogen-bond donors (Lipinski definition) is 0. The predicted molar refractivity (Wildman–Crippen MR) is 170 cm³/mol. The third-order valence-corrected chi connectivity index (χ3v) is 7.67. The molecule has 4 nitrogen and oxygen atoms in total. The fourth-order valence-corrected chi connectivity index (χ4v) is 5.86. The van der Waals surface area contributed by atoms with Crippen LogP contribution in [0.1, 0.15) is 39.6 Å². The zero-order valence-electron chi connectivity index (χ0n) is 26.1. The molecule has 42 heavy (non-hydrogen) atoms. The normalized spacial score (nSPS) is 12.4. The third-order valence-electron chi connectivity index (χ3n) is 6.60. The quantitative estimate of drug-likeness (QED) is 0.169. The molecule has 6 heteroatoms. The van der Waals surface area contributed by atoms with Crippen LogP contribution in [-0.2, 0) is 26.5 Å². The summed E-state index contributed by atoms with van der Waals surface area (Å²) >= 11 is 1.61. The Morgan fingerprint density at radius 2 is 1.71 bits per heavy atom. The number of fused-ring (bicyclic) bond motifs is 4. The Balaban J connectivity index is 0.000000248. The van der Waals surface area contributed by atoms with Gasteiger partial charge in [0.25, 0.3) is 0 Å². The van der Waals surface area contributed by atoms with E-state index in [1.807, 2.05) is 107 Å². The van der Waals surface area contributed by atoms with Crippen molar-refractivity contribution in [3.05, 3.63) is 113 Å². The Morgan fingerprint density at radius 1 is 0.881 bits per heavy atom. The van der Waals surface area contributed by atoms with E-state index in [1.165, 1.54) is 0 Å². The molecule has 0 saturated heterocycles. The molecule has 2 aromatic carbocycles. The molecule has 0 N–H and O–H groups in total. The summed E-state index contributed by atoms with van der Waals surface area (Å²) < 4.78 is 25.2. The van der Waals surface area contributed by atoms with Crippen LogP contribution in [0.4, 0.5) is 0 Å². The predicted octanol–water partition coefficient (Wildman–Crippen LogP) is 9.81. The Morgan fingerprint density at radius 3 is 2.45 bits per heavy atom. The molecule has 0 aliphatic rings. The first-order valence-corrected chi connectivity index (χ1v) is 14.4. The standard InChI is InChI=1S/C25H23N2OS.C11H8N.Ir/c1-14-9-10-17-16-7-6-8-18(23(16)28-24(17)27-14)22-21-19(13-25(3,4)5)15(2)29-20(21)11-12-26-22;1-2-6-10(7-3-1)11-8-4-5-9-12-11;/h6-7,9-12H,13H2,1-5H3;1-6,8-9H;/q2*-1;/i13D2;;. The van der Waals surface area contributed by atoms with Crippen LogP contribution in [0, 0.1) is 31.4 Å². The molecule has 7 aromatic rings. The van der Waals surface area contributed by atoms with Gasteiger partial charge in [-0.25, -0.2) is 4.98 Å². The molecule has 0 aliphatic heterocycles. The van der Waals surface area contributed by atoms with E-state index in [9.17, 15) is 0 Å². The molecule has 213 valence electrons. The van der Waals surface area contributed by atoms with Crippen molar-refractivity contribution in [3.63, 3.8) is 0 Å². The van der Waals surface area contributed by atoms with Crippen LogP contribution < -0.4 is 0 Å². The largest absolute Gasteiger partial charge is 0.486 e. The van der Waals surface area contributed by atoms with Crippen LogP contribution >= 0.6 is 11.3 Å². The van der Waals surface area contributed by atoms with Crippen molar-refractivity contribution in [1.29, 1.82) is 0 Å². The number of nitrogens with zero attached hydrogens (tertiary/aromatic N) is 3. The minimum absolute atomic E-state index is 0. The molecule has 0 unspecified atom stereocenters. The van der Waals surface area contributed by atoms with Gasteiger partial charge in [-0.15, -0.1) is 65.4 Å². The molecular weight excluding hydrogens is 715 g/mol. The van der Waals surface area contributed by atoms with Gasteiger partial charge >= 0.3 is 0 Å². The average Bonchev–Trinajstić information content (AvgIpc) is 3.54. The van der Waals surface area contributed by atoms with Crippen LogP contribution in [0.15, 0.2) is 89.6 Å². The summed E-state index contributed by atoms with van der Waals surface area (Å²) in [6, 6.07) is 30.0. The summed E-state index contributed by atoms with van der Waals surface area (Å²) in [5.41, 5.74) is 5.75. The number of rotatable bonds is 3. The van der Waals surface area contributed by atoms with E-state index >= 15 is 0 Å². The fourth-order valence-electron chi connectivity index (χ4n) is 4.84. The average molecular weight is 748 g/mol. The minimum Gasteiger partial charge on any atom is -0.486 e. The zero-order chi connectivity index (χ0) is 30.4. The molecule has 5 aromatic heterocycles. The van der Waals surface area contributed by atoms with Crippen LogP contribution in [0.25, 0.3) is 54.7 Å². The van der Waals surface area contributed by atoms with E-state index in [1.54, 1.807) is 23.7 Å². The van der Waals surface area contributed by atoms with Gasteiger partial charge in [-0.05, 0) is 66.5 Å². The first kappa shape index (κ1) is 27.2. The Bertz CT molecular complexity index is 2030. The number of hydrogen-bond acceptors (Lipinski definition) is 5. The summed E-state index contributed by atoms with van der Waals surface area (Å²) in [4.78, 5) is 14.4. The van der Waals surface area contributed by atoms with Crippen LogP contribution in [0.5, 0.6) is 0 Å². The van der Waals surface area contributed by atoms with Crippen molar-refractivity contribution >= 4 is 43.5 Å². The fraction of sp³-hybridized carbons (Fsp3) is 0.194. The van der Waals surface area contributed by atoms with Crippen molar-refractivity contribution in [2.45, 2.75) is 41.0 Å². The molecule has 0 atom stereocenters. The van der Waals surface area contributed by atoms with E-state index in [0.29, 0.717) is 22.6 Å². The van der Waals surface area contributed by atoms with Gasteiger partial charge < -0.3 is 14.4 Å². The molecule has 0 aliphatic carbocycles. The van der Waals surface area contributed by atoms with Gasteiger partial charge in [-0.2, -0.15) is 0 Å². The summed E-state index contributed by atoms with van der Waals surface area (Å²) in [6.45, 7) is 9.74. The van der Waals surface area contributed by atoms with E-state index in [4.69, 9.17) is 12.1 Å². The maximum atomic E-state index is 8.99. The van der Waals surface area contributed by atoms with Gasteiger partial charge in [-0.3, -0.25) is 0 Å². The summed E-state index contributed by atoms with van der Waals surface area (Å²) in [7, 11) is 0. The number of furan rings is 1. The molecule has 0 spiro atoms. The number of benzene rings is 2. The molecular formula is C36H31IrN3OS-2.